The highest BCUT2D eigenvalue weighted by Crippen LogP contribution is 2.23. The third kappa shape index (κ3) is 3.24. The van der Waals surface area contributed by atoms with Crippen molar-refractivity contribution in [1.29, 1.82) is 0 Å². The van der Waals surface area contributed by atoms with Crippen LogP contribution in [0.15, 0.2) is 24.3 Å². The van der Waals surface area contributed by atoms with E-state index in [9.17, 15) is 5.11 Å². The predicted molar refractivity (Wildman–Crippen MR) is 66.4 cm³/mol. The van der Waals surface area contributed by atoms with Crippen LogP contribution in [0.2, 0.25) is 0 Å². The molecule has 2 rings (SSSR count). The highest BCUT2D eigenvalue weighted by Gasteiger charge is 2.17. The van der Waals surface area contributed by atoms with Crippen LogP contribution in [-0.2, 0) is 6.54 Å². The Morgan fingerprint density at radius 1 is 1.25 bits per heavy atom. The fraction of sp³-hybridized carbons (Fsp3) is 0.571. The van der Waals surface area contributed by atoms with Crippen molar-refractivity contribution in [2.75, 3.05) is 0 Å². The number of nitrogens with one attached hydrogen (secondary N) is 1. The zero-order valence-electron chi connectivity index (χ0n) is 9.95. The summed E-state index contributed by atoms with van der Waals surface area (Å²) in [5.41, 5.74) is 1.17. The van der Waals surface area contributed by atoms with E-state index in [-0.39, 0.29) is 0 Å². The largest absolute Gasteiger partial charge is 0.508 e. The first-order chi connectivity index (χ1) is 7.74. The number of phenols is 1. The van der Waals surface area contributed by atoms with E-state index in [1.807, 2.05) is 12.1 Å². The van der Waals surface area contributed by atoms with Gasteiger partial charge in [0.2, 0.25) is 0 Å². The van der Waals surface area contributed by atoms with Crippen LogP contribution in [0.4, 0.5) is 0 Å². The maximum Gasteiger partial charge on any atom is 0.115 e. The summed E-state index contributed by atoms with van der Waals surface area (Å²) in [6.45, 7) is 3.21. The fourth-order valence-corrected chi connectivity index (χ4v) is 2.39. The van der Waals surface area contributed by atoms with Crippen molar-refractivity contribution in [3.05, 3.63) is 29.8 Å². The molecule has 0 heterocycles. The first kappa shape index (κ1) is 11.5. The molecule has 1 aromatic rings. The monoisotopic (exact) mass is 219 g/mol. The Morgan fingerprint density at radius 2 is 2.00 bits per heavy atom. The summed E-state index contributed by atoms with van der Waals surface area (Å²) >= 11 is 0. The number of rotatable bonds is 3. The smallest absolute Gasteiger partial charge is 0.115 e. The fourth-order valence-electron chi connectivity index (χ4n) is 2.39. The van der Waals surface area contributed by atoms with Crippen LogP contribution < -0.4 is 5.32 Å². The van der Waals surface area contributed by atoms with Gasteiger partial charge in [-0.2, -0.15) is 0 Å². The maximum atomic E-state index is 9.36. The molecule has 2 heteroatoms. The quantitative estimate of drug-likeness (QED) is 0.819. The predicted octanol–water partition coefficient (Wildman–Crippen LogP) is 3.06. The molecule has 0 atom stereocenters. The molecule has 1 saturated carbocycles. The van der Waals surface area contributed by atoms with Gasteiger partial charge in [-0.05, 0) is 49.3 Å². The highest BCUT2D eigenvalue weighted by molar-refractivity contribution is 5.26. The Hall–Kier alpha value is -1.02. The standard InChI is InChI=1S/C14H21NO/c1-11-5-7-13(8-6-11)15-10-12-3-2-4-14(16)9-12/h2-4,9,11,13,15-16H,5-8,10H2,1H3. The molecule has 0 bridgehead atoms. The van der Waals surface area contributed by atoms with E-state index in [1.54, 1.807) is 6.07 Å². The summed E-state index contributed by atoms with van der Waals surface area (Å²) in [5, 5.41) is 12.9. The number of phenolic OH excluding ortho intramolecular Hbond substituents is 1. The second kappa shape index (κ2) is 5.35. The molecule has 0 unspecified atom stereocenters. The molecule has 16 heavy (non-hydrogen) atoms. The van der Waals surface area contributed by atoms with E-state index in [2.05, 4.69) is 18.3 Å². The van der Waals surface area contributed by atoms with Gasteiger partial charge in [0, 0.05) is 12.6 Å². The van der Waals surface area contributed by atoms with Gasteiger partial charge in [0.25, 0.3) is 0 Å². The second-order valence-electron chi connectivity index (χ2n) is 5.01. The Kier molecular flexibility index (Phi) is 3.83. The van der Waals surface area contributed by atoms with Gasteiger partial charge in [-0.25, -0.2) is 0 Å². The summed E-state index contributed by atoms with van der Waals surface area (Å²) in [7, 11) is 0. The maximum absolute atomic E-state index is 9.36. The van der Waals surface area contributed by atoms with E-state index in [4.69, 9.17) is 0 Å². The van der Waals surface area contributed by atoms with E-state index in [0.717, 1.165) is 12.5 Å². The normalized spacial score (nSPS) is 25.6. The lowest BCUT2D eigenvalue weighted by Gasteiger charge is -2.27. The Morgan fingerprint density at radius 3 is 2.69 bits per heavy atom. The van der Waals surface area contributed by atoms with Gasteiger partial charge in [0.05, 0.1) is 0 Å². The summed E-state index contributed by atoms with van der Waals surface area (Å²) in [6, 6.07) is 8.16. The molecule has 88 valence electrons. The molecule has 0 spiro atoms. The van der Waals surface area contributed by atoms with Crippen LogP contribution in [0.1, 0.15) is 38.2 Å². The van der Waals surface area contributed by atoms with Gasteiger partial charge in [-0.15, -0.1) is 0 Å². The zero-order valence-corrected chi connectivity index (χ0v) is 9.95. The molecule has 1 aliphatic rings. The van der Waals surface area contributed by atoms with Gasteiger partial charge in [-0.3, -0.25) is 0 Å². The highest BCUT2D eigenvalue weighted by atomic mass is 16.3. The van der Waals surface area contributed by atoms with Gasteiger partial charge in [0.15, 0.2) is 0 Å². The average Bonchev–Trinajstić information content (AvgIpc) is 2.28. The number of benzene rings is 1. The van der Waals surface area contributed by atoms with E-state index < -0.39 is 0 Å². The Labute approximate surface area is 97.7 Å². The van der Waals surface area contributed by atoms with E-state index in [0.29, 0.717) is 11.8 Å². The molecule has 1 aliphatic carbocycles. The molecule has 0 aliphatic heterocycles. The van der Waals surface area contributed by atoms with Crippen LogP contribution in [0.25, 0.3) is 0 Å². The van der Waals surface area contributed by atoms with Crippen molar-refractivity contribution < 1.29 is 5.11 Å². The molecule has 0 aromatic heterocycles. The van der Waals surface area contributed by atoms with Crippen LogP contribution in [0.5, 0.6) is 5.75 Å². The SMILES string of the molecule is CC1CCC(NCc2cccc(O)c2)CC1. The molecule has 0 saturated heterocycles. The van der Waals surface area contributed by atoms with Crippen molar-refractivity contribution in [2.24, 2.45) is 5.92 Å². The number of hydrogen-bond acceptors (Lipinski definition) is 2. The van der Waals surface area contributed by atoms with Gasteiger partial charge in [0.1, 0.15) is 5.75 Å². The van der Waals surface area contributed by atoms with E-state index >= 15 is 0 Å². The Bertz CT molecular complexity index is 329. The molecular formula is C14H21NO. The molecule has 1 fully saturated rings. The summed E-state index contributed by atoms with van der Waals surface area (Å²) in [4.78, 5) is 0. The molecular weight excluding hydrogens is 198 g/mol. The molecule has 1 aromatic carbocycles. The van der Waals surface area contributed by atoms with Crippen molar-refractivity contribution >= 4 is 0 Å². The van der Waals surface area contributed by atoms with Crippen molar-refractivity contribution in [3.63, 3.8) is 0 Å². The van der Waals surface area contributed by atoms with Gasteiger partial charge in [-0.1, -0.05) is 19.1 Å². The zero-order chi connectivity index (χ0) is 11.4. The molecule has 2 N–H and O–H groups in total. The lowest BCUT2D eigenvalue weighted by Crippen LogP contribution is -2.32. The lowest BCUT2D eigenvalue weighted by molar-refractivity contribution is 0.306. The first-order valence-electron chi connectivity index (χ1n) is 6.25. The van der Waals surface area contributed by atoms with E-state index in [1.165, 1.54) is 31.2 Å². The van der Waals surface area contributed by atoms with Crippen LogP contribution in [0.3, 0.4) is 0 Å². The Balaban J connectivity index is 1.79. The van der Waals surface area contributed by atoms with Crippen molar-refractivity contribution in [2.45, 2.75) is 45.2 Å². The van der Waals surface area contributed by atoms with Gasteiger partial charge >= 0.3 is 0 Å². The van der Waals surface area contributed by atoms with Crippen LogP contribution >= 0.6 is 0 Å². The van der Waals surface area contributed by atoms with Crippen LogP contribution in [-0.4, -0.2) is 11.1 Å². The topological polar surface area (TPSA) is 32.3 Å². The van der Waals surface area contributed by atoms with Crippen molar-refractivity contribution in [1.82, 2.24) is 5.32 Å². The van der Waals surface area contributed by atoms with Crippen LogP contribution in [0, 0.1) is 5.92 Å². The number of aromatic hydroxyl groups is 1. The first-order valence-corrected chi connectivity index (χ1v) is 6.25. The second-order valence-corrected chi connectivity index (χ2v) is 5.01. The lowest BCUT2D eigenvalue weighted by atomic mass is 9.87. The number of hydrogen-bond donors (Lipinski definition) is 2. The van der Waals surface area contributed by atoms with Gasteiger partial charge < -0.3 is 10.4 Å². The third-order valence-electron chi connectivity index (χ3n) is 3.52. The minimum Gasteiger partial charge on any atom is -0.508 e. The molecule has 0 amide bonds. The summed E-state index contributed by atoms with van der Waals surface area (Å²) in [5.74, 6) is 1.26. The molecule has 0 radical (unpaired) electrons. The minimum absolute atomic E-state index is 0.358. The van der Waals surface area contributed by atoms with Crippen molar-refractivity contribution in [3.8, 4) is 5.75 Å². The summed E-state index contributed by atoms with van der Waals surface area (Å²) < 4.78 is 0. The minimum atomic E-state index is 0.358. The molecule has 2 nitrogen and oxygen atoms in total. The summed E-state index contributed by atoms with van der Waals surface area (Å²) in [6.07, 6.45) is 5.27. The average molecular weight is 219 g/mol. The third-order valence-corrected chi connectivity index (χ3v) is 3.52.